The van der Waals surface area contributed by atoms with E-state index in [9.17, 15) is 9.59 Å². The van der Waals surface area contributed by atoms with Crippen molar-refractivity contribution >= 4 is 12.1 Å². The molecule has 0 aliphatic carbocycles. The fraction of sp³-hybridized carbons (Fsp3) is 0.543. The molecule has 0 radical (unpaired) electrons. The zero-order valence-electron chi connectivity index (χ0n) is 26.1. The summed E-state index contributed by atoms with van der Waals surface area (Å²) in [6.07, 6.45) is 8.07. The molecule has 0 spiro atoms. The van der Waals surface area contributed by atoms with Crippen LogP contribution in [0.5, 0.6) is 11.5 Å². The van der Waals surface area contributed by atoms with Crippen molar-refractivity contribution in [2.45, 2.75) is 86.0 Å². The Morgan fingerprint density at radius 2 is 1.57 bits per heavy atom. The van der Waals surface area contributed by atoms with Gasteiger partial charge in [0.15, 0.2) is 0 Å². The van der Waals surface area contributed by atoms with Crippen LogP contribution in [0, 0.1) is 19.3 Å². The van der Waals surface area contributed by atoms with Crippen molar-refractivity contribution in [3.05, 3.63) is 59.2 Å². The van der Waals surface area contributed by atoms with Crippen molar-refractivity contribution in [1.82, 2.24) is 0 Å². The maximum Gasteiger partial charge on any atom is 0.508 e. The number of aryl methyl sites for hydroxylation is 3. The molecule has 0 bridgehead atoms. The number of hydrogen-bond acceptors (Lipinski definition) is 7. The summed E-state index contributed by atoms with van der Waals surface area (Å²) in [5, 5.41) is 0. The van der Waals surface area contributed by atoms with Gasteiger partial charge < -0.3 is 23.7 Å². The van der Waals surface area contributed by atoms with Gasteiger partial charge in [0, 0.05) is 5.57 Å². The van der Waals surface area contributed by atoms with E-state index in [1.54, 1.807) is 6.92 Å². The maximum absolute atomic E-state index is 11.8. The standard InChI is InChI=1S/C35H48O7/c1-7-8-9-10-11-12-17-38-31-16-15-28(21-29(31)14-13-18-39-33(36)25(2)3)30-19-26(4)32(27(5)20-30)40-22-35(6)23-41-34(37)42-24-35/h15-16,19-21H,2,7-14,17-18,22-24H2,1,3-6H3. The van der Waals surface area contributed by atoms with Gasteiger partial charge in [-0.2, -0.15) is 0 Å². The largest absolute Gasteiger partial charge is 0.508 e. The highest BCUT2D eigenvalue weighted by Gasteiger charge is 2.34. The molecule has 230 valence electrons. The number of hydrogen-bond donors (Lipinski definition) is 0. The molecule has 1 aliphatic heterocycles. The fourth-order valence-corrected chi connectivity index (χ4v) is 4.93. The third-order valence-electron chi connectivity index (χ3n) is 7.42. The van der Waals surface area contributed by atoms with Crippen molar-refractivity contribution in [1.29, 1.82) is 0 Å². The first kappa shape index (κ1) is 33.0. The maximum atomic E-state index is 11.8. The summed E-state index contributed by atoms with van der Waals surface area (Å²) in [6, 6.07) is 10.6. The van der Waals surface area contributed by atoms with Gasteiger partial charge >= 0.3 is 12.1 Å². The van der Waals surface area contributed by atoms with Crippen molar-refractivity contribution in [3.8, 4) is 22.6 Å². The second-order valence-electron chi connectivity index (χ2n) is 11.8. The second-order valence-corrected chi connectivity index (χ2v) is 11.8. The number of rotatable bonds is 17. The monoisotopic (exact) mass is 580 g/mol. The number of benzene rings is 2. The van der Waals surface area contributed by atoms with Gasteiger partial charge in [0.2, 0.25) is 0 Å². The van der Waals surface area contributed by atoms with E-state index < -0.39 is 11.6 Å². The predicted octanol–water partition coefficient (Wildman–Crippen LogP) is 8.31. The molecule has 1 heterocycles. The third kappa shape index (κ3) is 10.1. The molecular weight excluding hydrogens is 532 g/mol. The molecule has 0 atom stereocenters. The molecule has 1 aliphatic rings. The topological polar surface area (TPSA) is 80.3 Å². The lowest BCUT2D eigenvalue weighted by atomic mass is 9.93. The highest BCUT2D eigenvalue weighted by molar-refractivity contribution is 5.86. The van der Waals surface area contributed by atoms with Crippen LogP contribution in [0.25, 0.3) is 11.1 Å². The summed E-state index contributed by atoms with van der Waals surface area (Å²) in [5.41, 5.74) is 5.34. The predicted molar refractivity (Wildman–Crippen MR) is 165 cm³/mol. The van der Waals surface area contributed by atoms with Crippen LogP contribution in [0.3, 0.4) is 0 Å². The molecular formula is C35H48O7. The Morgan fingerprint density at radius 3 is 2.24 bits per heavy atom. The first-order valence-electron chi connectivity index (χ1n) is 15.2. The number of esters is 1. The molecule has 0 N–H and O–H groups in total. The van der Waals surface area contributed by atoms with Gasteiger partial charge in [-0.05, 0) is 99.0 Å². The lowest BCUT2D eigenvalue weighted by molar-refractivity contribution is -0.139. The van der Waals surface area contributed by atoms with Gasteiger partial charge in [0.1, 0.15) is 31.3 Å². The van der Waals surface area contributed by atoms with Gasteiger partial charge in [-0.15, -0.1) is 0 Å². The van der Waals surface area contributed by atoms with Gasteiger partial charge in [-0.25, -0.2) is 9.59 Å². The van der Waals surface area contributed by atoms with Gasteiger partial charge in [-0.3, -0.25) is 0 Å². The minimum absolute atomic E-state index is 0.268. The fourth-order valence-electron chi connectivity index (χ4n) is 4.93. The van der Waals surface area contributed by atoms with E-state index in [2.05, 4.69) is 43.8 Å². The molecule has 1 saturated heterocycles. The number of carbonyl (C=O) groups excluding carboxylic acids is 2. The number of unbranched alkanes of at least 4 members (excludes halogenated alkanes) is 5. The summed E-state index contributed by atoms with van der Waals surface area (Å²) in [5.74, 6) is 1.36. The molecule has 42 heavy (non-hydrogen) atoms. The Hall–Kier alpha value is -3.48. The summed E-state index contributed by atoms with van der Waals surface area (Å²) < 4.78 is 27.9. The van der Waals surface area contributed by atoms with E-state index in [0.29, 0.717) is 31.8 Å². The van der Waals surface area contributed by atoms with Crippen LogP contribution < -0.4 is 9.47 Å². The van der Waals surface area contributed by atoms with E-state index in [0.717, 1.165) is 52.2 Å². The number of carbonyl (C=O) groups is 2. The molecule has 2 aromatic carbocycles. The highest BCUT2D eigenvalue weighted by atomic mass is 16.7. The van der Waals surface area contributed by atoms with Crippen molar-refractivity contribution in [2.75, 3.05) is 33.0 Å². The van der Waals surface area contributed by atoms with Gasteiger partial charge in [-0.1, -0.05) is 51.7 Å². The zero-order valence-corrected chi connectivity index (χ0v) is 26.1. The molecule has 3 rings (SSSR count). The molecule has 0 unspecified atom stereocenters. The smallest absolute Gasteiger partial charge is 0.493 e. The summed E-state index contributed by atoms with van der Waals surface area (Å²) in [7, 11) is 0. The Labute approximate surface area is 251 Å². The van der Waals surface area contributed by atoms with Crippen molar-refractivity contribution in [3.63, 3.8) is 0 Å². The van der Waals surface area contributed by atoms with E-state index >= 15 is 0 Å². The van der Waals surface area contributed by atoms with Crippen LogP contribution in [-0.4, -0.2) is 45.2 Å². The summed E-state index contributed by atoms with van der Waals surface area (Å²) in [4.78, 5) is 23.1. The Balaban J connectivity index is 1.71. The molecule has 0 saturated carbocycles. The molecule has 7 heteroatoms. The molecule has 2 aromatic rings. The minimum atomic E-state index is -0.629. The molecule has 0 amide bonds. The van der Waals surface area contributed by atoms with E-state index in [-0.39, 0.29) is 19.2 Å². The number of ether oxygens (including phenoxy) is 5. The van der Waals surface area contributed by atoms with Crippen LogP contribution in [0.15, 0.2) is 42.5 Å². The molecule has 7 nitrogen and oxygen atoms in total. The third-order valence-corrected chi connectivity index (χ3v) is 7.42. The van der Waals surface area contributed by atoms with Gasteiger partial charge in [0.05, 0.1) is 18.6 Å². The SMILES string of the molecule is C=C(C)C(=O)OCCCc1cc(-c2cc(C)c(OCC3(C)COC(=O)OC3)c(C)c2)ccc1OCCCCCCCC. The average Bonchev–Trinajstić information content (AvgIpc) is 2.96. The van der Waals surface area contributed by atoms with Crippen LogP contribution in [0.1, 0.15) is 82.4 Å². The lowest BCUT2D eigenvalue weighted by Crippen LogP contribution is -2.41. The molecule has 1 fully saturated rings. The summed E-state index contributed by atoms with van der Waals surface area (Å²) in [6.45, 7) is 15.5. The average molecular weight is 581 g/mol. The van der Waals surface area contributed by atoms with Crippen LogP contribution >= 0.6 is 0 Å². The van der Waals surface area contributed by atoms with Gasteiger partial charge in [0.25, 0.3) is 0 Å². The Bertz CT molecular complexity index is 1180. The normalized spacial score (nSPS) is 14.1. The van der Waals surface area contributed by atoms with Crippen LogP contribution in [-0.2, 0) is 25.4 Å². The Kier molecular flexibility index (Phi) is 12.8. The molecule has 0 aromatic heterocycles. The quantitative estimate of drug-likeness (QED) is 0.106. The van der Waals surface area contributed by atoms with E-state index in [1.165, 1.54) is 32.1 Å². The van der Waals surface area contributed by atoms with Crippen molar-refractivity contribution < 1.29 is 33.3 Å². The van der Waals surface area contributed by atoms with Crippen LogP contribution in [0.2, 0.25) is 0 Å². The Morgan fingerprint density at radius 1 is 0.905 bits per heavy atom. The van der Waals surface area contributed by atoms with Crippen molar-refractivity contribution in [2.24, 2.45) is 5.41 Å². The zero-order chi connectivity index (χ0) is 30.5. The van der Waals surface area contributed by atoms with E-state index in [1.807, 2.05) is 20.8 Å². The highest BCUT2D eigenvalue weighted by Crippen LogP contribution is 2.34. The first-order valence-corrected chi connectivity index (χ1v) is 15.2. The van der Waals surface area contributed by atoms with Crippen LogP contribution in [0.4, 0.5) is 4.79 Å². The summed E-state index contributed by atoms with van der Waals surface area (Å²) >= 11 is 0. The number of cyclic esters (lactones) is 2. The first-order chi connectivity index (χ1) is 20.1. The minimum Gasteiger partial charge on any atom is -0.493 e. The lowest BCUT2D eigenvalue weighted by Gasteiger charge is -2.32. The van der Waals surface area contributed by atoms with E-state index in [4.69, 9.17) is 23.7 Å². The second kappa shape index (κ2) is 16.2.